The van der Waals surface area contributed by atoms with Gasteiger partial charge in [-0.15, -0.1) is 11.3 Å². The van der Waals surface area contributed by atoms with E-state index in [1.807, 2.05) is 18.4 Å². The predicted octanol–water partition coefficient (Wildman–Crippen LogP) is 5.82. The summed E-state index contributed by atoms with van der Waals surface area (Å²) in [5.74, 6) is -0.888. The van der Waals surface area contributed by atoms with Crippen molar-refractivity contribution in [2.24, 2.45) is 0 Å². The van der Waals surface area contributed by atoms with E-state index >= 15 is 0 Å². The molecule has 0 atom stereocenters. The number of carbonyl (C=O) groups is 1. The number of hydrogen-bond donors (Lipinski definition) is 2. The Kier molecular flexibility index (Phi) is 5.98. The van der Waals surface area contributed by atoms with Crippen LogP contribution in [-0.2, 0) is 10.0 Å². The van der Waals surface area contributed by atoms with Gasteiger partial charge in [-0.05, 0) is 66.9 Å². The van der Waals surface area contributed by atoms with Crippen molar-refractivity contribution in [3.63, 3.8) is 0 Å². The Morgan fingerprint density at radius 2 is 1.56 bits per heavy atom. The lowest BCUT2D eigenvalue weighted by Crippen LogP contribution is -2.14. The molecule has 0 bridgehead atoms. The van der Waals surface area contributed by atoms with Crippen molar-refractivity contribution in [3.05, 3.63) is 72.0 Å². The summed E-state index contributed by atoms with van der Waals surface area (Å²) in [6.45, 7) is 0. The fourth-order valence-corrected chi connectivity index (χ4v) is 6.89. The van der Waals surface area contributed by atoms with Crippen molar-refractivity contribution in [2.45, 2.75) is 9.24 Å². The maximum Gasteiger partial charge on any atom is 0.261 e. The Morgan fingerprint density at radius 3 is 2.24 bits per heavy atom. The van der Waals surface area contributed by atoms with Gasteiger partial charge in [-0.25, -0.2) is 22.8 Å². The molecule has 0 aliphatic heterocycles. The van der Waals surface area contributed by atoms with E-state index < -0.39 is 15.8 Å². The van der Waals surface area contributed by atoms with Crippen molar-refractivity contribution in [3.8, 4) is 0 Å². The van der Waals surface area contributed by atoms with Crippen LogP contribution in [0.2, 0.25) is 0 Å². The highest BCUT2D eigenvalue weighted by molar-refractivity contribution is 8.00. The van der Waals surface area contributed by atoms with Gasteiger partial charge in [0.2, 0.25) is 0 Å². The van der Waals surface area contributed by atoms with Crippen LogP contribution in [0.1, 0.15) is 10.4 Å². The second-order valence-electron chi connectivity index (χ2n) is 7.06. The van der Waals surface area contributed by atoms with E-state index in [0.717, 1.165) is 36.9 Å². The molecule has 0 aliphatic carbocycles. The number of thiazole rings is 2. The van der Waals surface area contributed by atoms with Crippen LogP contribution in [0.3, 0.4) is 0 Å². The number of anilines is 2. The molecule has 2 aromatic heterocycles. The molecule has 2 heterocycles. The highest BCUT2D eigenvalue weighted by Crippen LogP contribution is 2.38. The van der Waals surface area contributed by atoms with Gasteiger partial charge in [-0.2, -0.15) is 0 Å². The van der Waals surface area contributed by atoms with E-state index in [1.165, 1.54) is 47.7 Å². The molecule has 0 fully saturated rings. The number of fused-ring (bicyclic) bond motifs is 3. The number of nitrogens with zero attached hydrogens (tertiary/aromatic N) is 2. The number of rotatable bonds is 6. The molecule has 3 aromatic carbocycles. The molecule has 172 valence electrons. The van der Waals surface area contributed by atoms with Gasteiger partial charge in [0.25, 0.3) is 15.9 Å². The summed E-state index contributed by atoms with van der Waals surface area (Å²) in [6, 6.07) is 14.3. The van der Waals surface area contributed by atoms with Crippen LogP contribution in [0.5, 0.6) is 0 Å². The first-order chi connectivity index (χ1) is 16.3. The van der Waals surface area contributed by atoms with Crippen molar-refractivity contribution >= 4 is 81.6 Å². The molecule has 2 N–H and O–H groups in total. The van der Waals surface area contributed by atoms with E-state index in [9.17, 15) is 17.6 Å². The lowest BCUT2D eigenvalue weighted by molar-refractivity contribution is 0.102. The largest absolute Gasteiger partial charge is 0.298 e. The number of hydrogen-bond acceptors (Lipinski definition) is 8. The summed E-state index contributed by atoms with van der Waals surface area (Å²) in [4.78, 5) is 21.7. The monoisotopic (exact) mass is 530 g/mol. The van der Waals surface area contributed by atoms with Crippen LogP contribution in [0, 0.1) is 5.82 Å². The van der Waals surface area contributed by atoms with Gasteiger partial charge in [0.15, 0.2) is 9.47 Å². The Hall–Kier alpha value is -3.06. The maximum absolute atomic E-state index is 13.1. The SMILES string of the molecule is CSc1nc2ccc3nc(NC(=O)c4ccc(NS(=O)(=O)c5ccc(F)cc5)cc4)sc3c2s1. The molecule has 0 saturated heterocycles. The number of sulfonamides is 1. The lowest BCUT2D eigenvalue weighted by atomic mass is 10.2. The molecule has 0 spiro atoms. The highest BCUT2D eigenvalue weighted by Gasteiger charge is 2.16. The Morgan fingerprint density at radius 1 is 0.912 bits per heavy atom. The first-order valence-electron chi connectivity index (χ1n) is 9.76. The van der Waals surface area contributed by atoms with Crippen molar-refractivity contribution in [2.75, 3.05) is 16.3 Å². The first kappa shape index (κ1) is 22.7. The molecule has 1 amide bonds. The summed E-state index contributed by atoms with van der Waals surface area (Å²) in [5, 5.41) is 3.27. The summed E-state index contributed by atoms with van der Waals surface area (Å²) >= 11 is 4.56. The van der Waals surface area contributed by atoms with Gasteiger partial charge in [0, 0.05) is 11.3 Å². The van der Waals surface area contributed by atoms with E-state index in [4.69, 9.17) is 0 Å². The molecule has 12 heteroatoms. The molecule has 5 aromatic rings. The average Bonchev–Trinajstić information content (AvgIpc) is 3.42. The number of carbonyl (C=O) groups excluding carboxylic acids is 1. The van der Waals surface area contributed by atoms with E-state index in [0.29, 0.717) is 10.7 Å². The van der Waals surface area contributed by atoms with Crippen LogP contribution < -0.4 is 10.0 Å². The van der Waals surface area contributed by atoms with Gasteiger partial charge in [-0.1, -0.05) is 23.1 Å². The van der Waals surface area contributed by atoms with Crippen molar-refractivity contribution < 1.29 is 17.6 Å². The van der Waals surface area contributed by atoms with Crippen molar-refractivity contribution in [1.29, 1.82) is 0 Å². The third-order valence-electron chi connectivity index (χ3n) is 4.81. The lowest BCUT2D eigenvalue weighted by Gasteiger charge is -2.09. The number of benzene rings is 3. The maximum atomic E-state index is 13.1. The van der Waals surface area contributed by atoms with Gasteiger partial charge < -0.3 is 0 Å². The molecule has 0 saturated carbocycles. The molecule has 0 radical (unpaired) electrons. The number of halogens is 1. The Labute approximate surface area is 206 Å². The Bertz CT molecular complexity index is 1630. The van der Waals surface area contributed by atoms with E-state index in [2.05, 4.69) is 20.0 Å². The molecular weight excluding hydrogens is 516 g/mol. The minimum atomic E-state index is -3.88. The number of thioether (sulfide) groups is 1. The molecule has 34 heavy (non-hydrogen) atoms. The van der Waals surface area contributed by atoms with Crippen LogP contribution >= 0.6 is 34.4 Å². The van der Waals surface area contributed by atoms with E-state index in [1.54, 1.807) is 23.1 Å². The summed E-state index contributed by atoms with van der Waals surface area (Å²) in [6.07, 6.45) is 1.98. The topological polar surface area (TPSA) is 101 Å². The van der Waals surface area contributed by atoms with Crippen LogP contribution in [0.4, 0.5) is 15.2 Å². The first-order valence-corrected chi connectivity index (χ1v) is 14.1. The highest BCUT2D eigenvalue weighted by atomic mass is 32.2. The standard InChI is InChI=1S/C22H15FN4O3S4/c1-31-22-25-17-11-10-16-18(19(17)33-22)32-21(24-16)26-20(28)12-2-6-14(7-3-12)27-34(29,30)15-8-4-13(23)5-9-15/h2-11,27H,1H3,(H,24,26,28). The number of amides is 1. The fourth-order valence-electron chi connectivity index (χ4n) is 3.18. The van der Waals surface area contributed by atoms with Gasteiger partial charge in [0.1, 0.15) is 5.82 Å². The number of aromatic nitrogens is 2. The zero-order valence-corrected chi connectivity index (χ0v) is 20.7. The zero-order chi connectivity index (χ0) is 23.9. The Balaban J connectivity index is 1.32. The minimum Gasteiger partial charge on any atom is -0.298 e. The summed E-state index contributed by atoms with van der Waals surface area (Å²) in [7, 11) is -3.88. The van der Waals surface area contributed by atoms with Crippen LogP contribution in [-0.4, -0.2) is 30.5 Å². The second-order valence-corrected chi connectivity index (χ2v) is 11.8. The normalized spacial score (nSPS) is 11.7. The zero-order valence-electron chi connectivity index (χ0n) is 17.4. The van der Waals surface area contributed by atoms with Crippen molar-refractivity contribution in [1.82, 2.24) is 9.97 Å². The van der Waals surface area contributed by atoms with Gasteiger partial charge in [0.05, 0.1) is 25.3 Å². The fraction of sp³-hybridized carbons (Fsp3) is 0.0455. The van der Waals surface area contributed by atoms with Crippen LogP contribution in [0.25, 0.3) is 20.4 Å². The third kappa shape index (κ3) is 4.49. The molecule has 5 rings (SSSR count). The number of nitrogens with one attached hydrogen (secondary N) is 2. The molecule has 7 nitrogen and oxygen atoms in total. The minimum absolute atomic E-state index is 0.0637. The molecule has 0 unspecified atom stereocenters. The van der Waals surface area contributed by atoms with Crippen LogP contribution in [0.15, 0.2) is 69.9 Å². The van der Waals surface area contributed by atoms with Gasteiger partial charge in [-0.3, -0.25) is 14.8 Å². The molecular formula is C22H15FN4O3S4. The quantitative estimate of drug-likeness (QED) is 0.268. The van der Waals surface area contributed by atoms with E-state index in [-0.39, 0.29) is 16.5 Å². The predicted molar refractivity (Wildman–Crippen MR) is 136 cm³/mol. The summed E-state index contributed by atoms with van der Waals surface area (Å²) in [5.41, 5.74) is 2.31. The third-order valence-corrected chi connectivity index (χ3v) is 9.42. The molecule has 0 aliphatic rings. The average molecular weight is 531 g/mol. The van der Waals surface area contributed by atoms with Gasteiger partial charge >= 0.3 is 0 Å². The smallest absolute Gasteiger partial charge is 0.261 e. The second kappa shape index (κ2) is 8.95. The summed E-state index contributed by atoms with van der Waals surface area (Å²) < 4.78 is 43.3.